The fraction of sp³-hybridized carbons (Fsp3) is 0.235. The van der Waals surface area contributed by atoms with Crippen LogP contribution >= 0.6 is 0 Å². The van der Waals surface area contributed by atoms with Crippen LogP contribution in [0.5, 0.6) is 11.5 Å². The SMILES string of the molecule is COc1ccccc1OCCNC(=O)Cc1ccccc1[N+](=O)[O-]. The summed E-state index contributed by atoms with van der Waals surface area (Å²) < 4.78 is 10.7. The predicted octanol–water partition coefficient (Wildman–Crippen LogP) is 2.34. The average Bonchev–Trinajstić information content (AvgIpc) is 2.59. The van der Waals surface area contributed by atoms with Crippen LogP contribution < -0.4 is 14.8 Å². The van der Waals surface area contributed by atoms with Crippen molar-refractivity contribution in [1.82, 2.24) is 5.32 Å². The van der Waals surface area contributed by atoms with Crippen molar-refractivity contribution in [3.63, 3.8) is 0 Å². The summed E-state index contributed by atoms with van der Waals surface area (Å²) >= 11 is 0. The van der Waals surface area contributed by atoms with Gasteiger partial charge in [-0.2, -0.15) is 0 Å². The van der Waals surface area contributed by atoms with E-state index in [1.165, 1.54) is 6.07 Å². The molecule has 0 aliphatic carbocycles. The number of benzene rings is 2. The molecule has 0 bridgehead atoms. The summed E-state index contributed by atoms with van der Waals surface area (Å²) in [6, 6.07) is 13.4. The molecule has 7 nitrogen and oxygen atoms in total. The summed E-state index contributed by atoms with van der Waals surface area (Å²) in [5.74, 6) is 0.907. The smallest absolute Gasteiger partial charge is 0.273 e. The molecule has 2 rings (SSSR count). The summed E-state index contributed by atoms with van der Waals surface area (Å²) in [6.45, 7) is 0.556. The molecule has 1 amide bonds. The number of rotatable bonds is 8. The van der Waals surface area contributed by atoms with E-state index in [0.29, 0.717) is 17.1 Å². The van der Waals surface area contributed by atoms with Crippen LogP contribution in [-0.2, 0) is 11.2 Å². The molecular formula is C17H18N2O5. The van der Waals surface area contributed by atoms with E-state index in [2.05, 4.69) is 5.32 Å². The number of amides is 1. The molecule has 0 heterocycles. The highest BCUT2D eigenvalue weighted by Crippen LogP contribution is 2.25. The van der Waals surface area contributed by atoms with Crippen LogP contribution in [0.4, 0.5) is 5.69 Å². The second kappa shape index (κ2) is 8.52. The van der Waals surface area contributed by atoms with E-state index in [0.717, 1.165) is 0 Å². The number of carbonyl (C=O) groups excluding carboxylic acids is 1. The van der Waals surface area contributed by atoms with Crippen molar-refractivity contribution >= 4 is 11.6 Å². The number of ether oxygens (including phenoxy) is 2. The Bertz CT molecular complexity index is 718. The molecule has 2 aromatic rings. The molecule has 2 aromatic carbocycles. The Hall–Kier alpha value is -3.09. The zero-order valence-electron chi connectivity index (χ0n) is 13.2. The molecule has 0 fully saturated rings. The fourth-order valence-corrected chi connectivity index (χ4v) is 2.16. The number of nitrogens with one attached hydrogen (secondary N) is 1. The van der Waals surface area contributed by atoms with Gasteiger partial charge in [0.05, 0.1) is 25.0 Å². The third-order valence-electron chi connectivity index (χ3n) is 3.29. The monoisotopic (exact) mass is 330 g/mol. The Balaban J connectivity index is 1.81. The highest BCUT2D eigenvalue weighted by atomic mass is 16.6. The number of hydrogen-bond donors (Lipinski definition) is 1. The van der Waals surface area contributed by atoms with E-state index >= 15 is 0 Å². The Morgan fingerprint density at radius 2 is 1.79 bits per heavy atom. The minimum atomic E-state index is -0.493. The number of para-hydroxylation sites is 3. The lowest BCUT2D eigenvalue weighted by Gasteiger charge is -2.11. The Morgan fingerprint density at radius 1 is 1.12 bits per heavy atom. The number of nitro benzene ring substituents is 1. The first kappa shape index (κ1) is 17.3. The summed E-state index contributed by atoms with van der Waals surface area (Å²) in [5, 5.41) is 13.6. The molecular weight excluding hydrogens is 312 g/mol. The number of nitro groups is 1. The zero-order chi connectivity index (χ0) is 17.4. The third kappa shape index (κ3) is 4.70. The molecule has 0 radical (unpaired) electrons. The first-order chi connectivity index (χ1) is 11.6. The average molecular weight is 330 g/mol. The van der Waals surface area contributed by atoms with Crippen LogP contribution in [0.15, 0.2) is 48.5 Å². The fourth-order valence-electron chi connectivity index (χ4n) is 2.16. The molecule has 0 saturated heterocycles. The highest BCUT2D eigenvalue weighted by molar-refractivity contribution is 5.79. The summed E-state index contributed by atoms with van der Waals surface area (Å²) in [7, 11) is 1.55. The second-order valence-electron chi connectivity index (χ2n) is 4.91. The van der Waals surface area contributed by atoms with Crippen molar-refractivity contribution in [3.05, 3.63) is 64.2 Å². The Morgan fingerprint density at radius 3 is 2.50 bits per heavy atom. The van der Waals surface area contributed by atoms with Crippen LogP contribution in [-0.4, -0.2) is 31.1 Å². The van der Waals surface area contributed by atoms with Gasteiger partial charge in [-0.25, -0.2) is 0 Å². The van der Waals surface area contributed by atoms with Gasteiger partial charge in [-0.3, -0.25) is 14.9 Å². The van der Waals surface area contributed by atoms with Gasteiger partial charge in [-0.1, -0.05) is 30.3 Å². The van der Waals surface area contributed by atoms with Gasteiger partial charge in [-0.15, -0.1) is 0 Å². The van der Waals surface area contributed by atoms with Crippen LogP contribution in [0.1, 0.15) is 5.56 Å². The highest BCUT2D eigenvalue weighted by Gasteiger charge is 2.15. The number of nitrogens with zero attached hydrogens (tertiary/aromatic N) is 1. The van der Waals surface area contributed by atoms with E-state index in [1.54, 1.807) is 37.4 Å². The summed E-state index contributed by atoms with van der Waals surface area (Å²) in [6.07, 6.45) is -0.0498. The van der Waals surface area contributed by atoms with Gasteiger partial charge in [0.25, 0.3) is 5.69 Å². The van der Waals surface area contributed by atoms with Gasteiger partial charge < -0.3 is 14.8 Å². The van der Waals surface area contributed by atoms with Crippen LogP contribution in [0.2, 0.25) is 0 Å². The van der Waals surface area contributed by atoms with Crippen LogP contribution in [0.25, 0.3) is 0 Å². The molecule has 0 saturated carbocycles. The maximum atomic E-state index is 11.9. The zero-order valence-corrected chi connectivity index (χ0v) is 13.2. The van der Waals surface area contributed by atoms with E-state index in [-0.39, 0.29) is 31.2 Å². The molecule has 126 valence electrons. The van der Waals surface area contributed by atoms with Gasteiger partial charge in [0.1, 0.15) is 6.61 Å². The molecule has 0 aliphatic heterocycles. The first-order valence-corrected chi connectivity index (χ1v) is 7.36. The van der Waals surface area contributed by atoms with E-state index in [1.807, 2.05) is 12.1 Å². The molecule has 24 heavy (non-hydrogen) atoms. The third-order valence-corrected chi connectivity index (χ3v) is 3.29. The molecule has 7 heteroatoms. The molecule has 0 aliphatic rings. The quantitative estimate of drug-likeness (QED) is 0.456. The van der Waals surface area contributed by atoms with Gasteiger partial charge in [0.15, 0.2) is 11.5 Å². The van der Waals surface area contributed by atoms with Crippen molar-refractivity contribution < 1.29 is 19.2 Å². The standard InChI is InChI=1S/C17H18N2O5/c1-23-15-8-4-5-9-16(15)24-11-10-18-17(20)12-13-6-2-3-7-14(13)19(21)22/h2-9H,10-12H2,1H3,(H,18,20). The topological polar surface area (TPSA) is 90.7 Å². The Kier molecular flexibility index (Phi) is 6.13. The molecule has 1 N–H and O–H groups in total. The lowest BCUT2D eigenvalue weighted by atomic mass is 10.1. The molecule has 0 unspecified atom stereocenters. The maximum absolute atomic E-state index is 11.9. The lowest BCUT2D eigenvalue weighted by molar-refractivity contribution is -0.385. The van der Waals surface area contributed by atoms with E-state index in [4.69, 9.17) is 9.47 Å². The maximum Gasteiger partial charge on any atom is 0.273 e. The summed E-state index contributed by atoms with van der Waals surface area (Å²) in [4.78, 5) is 22.3. The predicted molar refractivity (Wildman–Crippen MR) is 88.3 cm³/mol. The van der Waals surface area contributed by atoms with Gasteiger partial charge in [0.2, 0.25) is 5.91 Å². The number of hydrogen-bond acceptors (Lipinski definition) is 5. The number of methoxy groups -OCH3 is 1. The van der Waals surface area contributed by atoms with Gasteiger partial charge in [0, 0.05) is 11.6 Å². The second-order valence-corrected chi connectivity index (χ2v) is 4.91. The van der Waals surface area contributed by atoms with Crippen molar-refractivity contribution in [2.24, 2.45) is 0 Å². The van der Waals surface area contributed by atoms with Crippen LogP contribution in [0.3, 0.4) is 0 Å². The minimum Gasteiger partial charge on any atom is -0.493 e. The molecule has 0 aromatic heterocycles. The number of carbonyl (C=O) groups is 1. The molecule has 0 atom stereocenters. The normalized spacial score (nSPS) is 10.0. The van der Waals surface area contributed by atoms with Crippen molar-refractivity contribution in [1.29, 1.82) is 0 Å². The first-order valence-electron chi connectivity index (χ1n) is 7.36. The van der Waals surface area contributed by atoms with E-state index in [9.17, 15) is 14.9 Å². The lowest BCUT2D eigenvalue weighted by Crippen LogP contribution is -2.29. The minimum absolute atomic E-state index is 0.0498. The van der Waals surface area contributed by atoms with Crippen molar-refractivity contribution in [2.45, 2.75) is 6.42 Å². The van der Waals surface area contributed by atoms with Crippen LogP contribution in [0, 0.1) is 10.1 Å². The van der Waals surface area contributed by atoms with Crippen molar-refractivity contribution in [3.8, 4) is 11.5 Å². The van der Waals surface area contributed by atoms with Crippen molar-refractivity contribution in [2.75, 3.05) is 20.3 Å². The van der Waals surface area contributed by atoms with Gasteiger partial charge >= 0.3 is 0 Å². The summed E-state index contributed by atoms with van der Waals surface area (Å²) in [5.41, 5.74) is 0.323. The Labute approximate surface area is 139 Å². The van der Waals surface area contributed by atoms with E-state index < -0.39 is 4.92 Å². The largest absolute Gasteiger partial charge is 0.493 e. The van der Waals surface area contributed by atoms with Gasteiger partial charge in [-0.05, 0) is 12.1 Å². The molecule has 0 spiro atoms.